The van der Waals surface area contributed by atoms with Gasteiger partial charge in [0.2, 0.25) is 0 Å². The van der Waals surface area contributed by atoms with E-state index in [0.717, 1.165) is 12.4 Å². The molecule has 2 nitrogen and oxygen atoms in total. The zero-order chi connectivity index (χ0) is 12.8. The second-order valence-electron chi connectivity index (χ2n) is 4.85. The Morgan fingerprint density at radius 3 is 2.12 bits per heavy atom. The van der Waals surface area contributed by atoms with Crippen molar-refractivity contribution in [1.82, 2.24) is 5.32 Å². The lowest BCUT2D eigenvalue weighted by Gasteiger charge is -2.27. The Bertz CT molecular complexity index is 318. The van der Waals surface area contributed by atoms with E-state index in [4.69, 9.17) is 4.74 Å². The Morgan fingerprint density at radius 2 is 1.71 bits per heavy atom. The molecule has 96 valence electrons. The van der Waals surface area contributed by atoms with Gasteiger partial charge in [0.15, 0.2) is 0 Å². The third-order valence-corrected chi connectivity index (χ3v) is 3.31. The summed E-state index contributed by atoms with van der Waals surface area (Å²) in [7, 11) is 2.04. The molecule has 0 aromatic heterocycles. The highest BCUT2D eigenvalue weighted by Crippen LogP contribution is 2.25. The Hall–Kier alpha value is -1.02. The minimum Gasteiger partial charge on any atom is -0.494 e. The highest BCUT2D eigenvalue weighted by atomic mass is 16.5. The minimum absolute atomic E-state index is 0.507. The second kappa shape index (κ2) is 6.65. The van der Waals surface area contributed by atoms with Crippen molar-refractivity contribution in [3.8, 4) is 5.75 Å². The quantitative estimate of drug-likeness (QED) is 0.815. The topological polar surface area (TPSA) is 21.3 Å². The van der Waals surface area contributed by atoms with E-state index in [-0.39, 0.29) is 0 Å². The molecule has 0 spiro atoms. The molecule has 1 N–H and O–H groups in total. The summed E-state index contributed by atoms with van der Waals surface area (Å²) in [6.07, 6.45) is 0. The summed E-state index contributed by atoms with van der Waals surface area (Å²) >= 11 is 0. The van der Waals surface area contributed by atoms with E-state index >= 15 is 0 Å². The standard InChI is InChI=1S/C15H25NO/c1-6-17-14-9-7-13(8-10-14)12(4)15(16-5)11(2)3/h7-12,15-16H,6H2,1-5H3. The van der Waals surface area contributed by atoms with Crippen molar-refractivity contribution in [3.63, 3.8) is 0 Å². The first-order valence-electron chi connectivity index (χ1n) is 6.50. The van der Waals surface area contributed by atoms with E-state index in [1.807, 2.05) is 14.0 Å². The summed E-state index contributed by atoms with van der Waals surface area (Å²) in [4.78, 5) is 0. The molecular weight excluding hydrogens is 210 g/mol. The van der Waals surface area contributed by atoms with Crippen molar-refractivity contribution in [2.45, 2.75) is 39.7 Å². The molecule has 0 saturated carbocycles. The third kappa shape index (κ3) is 3.74. The van der Waals surface area contributed by atoms with E-state index in [2.05, 4.69) is 50.4 Å². The monoisotopic (exact) mass is 235 g/mol. The Balaban J connectivity index is 2.77. The molecule has 0 radical (unpaired) electrons. The van der Waals surface area contributed by atoms with E-state index in [9.17, 15) is 0 Å². The summed E-state index contributed by atoms with van der Waals surface area (Å²) in [5, 5.41) is 3.41. The molecule has 0 aliphatic rings. The molecule has 1 aromatic rings. The van der Waals surface area contributed by atoms with Gasteiger partial charge in [-0.3, -0.25) is 0 Å². The molecule has 2 heteroatoms. The molecule has 2 unspecified atom stereocenters. The second-order valence-corrected chi connectivity index (χ2v) is 4.85. The maximum absolute atomic E-state index is 5.46. The van der Waals surface area contributed by atoms with Crippen LogP contribution in [0, 0.1) is 5.92 Å². The van der Waals surface area contributed by atoms with Gasteiger partial charge in [-0.25, -0.2) is 0 Å². The first kappa shape index (κ1) is 14.0. The Kier molecular flexibility index (Phi) is 5.49. The zero-order valence-corrected chi connectivity index (χ0v) is 11.7. The van der Waals surface area contributed by atoms with Gasteiger partial charge in [0, 0.05) is 6.04 Å². The summed E-state index contributed by atoms with van der Waals surface area (Å²) < 4.78 is 5.46. The summed E-state index contributed by atoms with van der Waals surface area (Å²) in [6, 6.07) is 8.96. The number of hydrogen-bond acceptors (Lipinski definition) is 2. The molecule has 0 saturated heterocycles. The van der Waals surface area contributed by atoms with Crippen LogP contribution in [-0.4, -0.2) is 19.7 Å². The van der Waals surface area contributed by atoms with Crippen LogP contribution in [0.5, 0.6) is 5.75 Å². The fourth-order valence-electron chi connectivity index (χ4n) is 2.40. The van der Waals surface area contributed by atoms with Crippen LogP contribution in [0.1, 0.15) is 39.2 Å². The third-order valence-electron chi connectivity index (χ3n) is 3.31. The van der Waals surface area contributed by atoms with Crippen molar-refractivity contribution >= 4 is 0 Å². The van der Waals surface area contributed by atoms with Crippen molar-refractivity contribution in [3.05, 3.63) is 29.8 Å². The maximum atomic E-state index is 5.46. The van der Waals surface area contributed by atoms with E-state index in [1.54, 1.807) is 0 Å². The van der Waals surface area contributed by atoms with Gasteiger partial charge in [-0.05, 0) is 43.5 Å². The fraction of sp³-hybridized carbons (Fsp3) is 0.600. The van der Waals surface area contributed by atoms with Gasteiger partial charge in [0.25, 0.3) is 0 Å². The Morgan fingerprint density at radius 1 is 1.12 bits per heavy atom. The maximum Gasteiger partial charge on any atom is 0.119 e. The van der Waals surface area contributed by atoms with E-state index in [1.165, 1.54) is 5.56 Å². The van der Waals surface area contributed by atoms with Crippen LogP contribution in [0.4, 0.5) is 0 Å². The molecule has 0 bridgehead atoms. The van der Waals surface area contributed by atoms with Crippen molar-refractivity contribution in [1.29, 1.82) is 0 Å². The molecule has 2 atom stereocenters. The van der Waals surface area contributed by atoms with Crippen molar-refractivity contribution in [2.24, 2.45) is 5.92 Å². The van der Waals surface area contributed by atoms with E-state index < -0.39 is 0 Å². The van der Waals surface area contributed by atoms with Crippen molar-refractivity contribution in [2.75, 3.05) is 13.7 Å². The predicted molar refractivity (Wildman–Crippen MR) is 73.7 cm³/mol. The number of ether oxygens (including phenoxy) is 1. The lowest BCUT2D eigenvalue weighted by Crippen LogP contribution is -2.35. The number of rotatable bonds is 6. The van der Waals surface area contributed by atoms with Gasteiger partial charge >= 0.3 is 0 Å². The predicted octanol–water partition coefficient (Wildman–Crippen LogP) is 3.43. The average Bonchev–Trinajstić information content (AvgIpc) is 2.30. The number of likely N-dealkylation sites (N-methyl/N-ethyl adjacent to an activating group) is 1. The molecule has 1 aromatic carbocycles. The lowest BCUT2D eigenvalue weighted by atomic mass is 9.86. The van der Waals surface area contributed by atoms with Crippen LogP contribution in [0.3, 0.4) is 0 Å². The number of hydrogen-bond donors (Lipinski definition) is 1. The normalized spacial score (nSPS) is 14.7. The summed E-state index contributed by atoms with van der Waals surface area (Å²) in [5.74, 6) is 2.09. The zero-order valence-electron chi connectivity index (χ0n) is 11.7. The minimum atomic E-state index is 0.507. The van der Waals surface area contributed by atoms with Crippen LogP contribution in [0.15, 0.2) is 24.3 Å². The van der Waals surface area contributed by atoms with Crippen molar-refractivity contribution < 1.29 is 4.74 Å². The van der Waals surface area contributed by atoms with Crippen LogP contribution in [-0.2, 0) is 0 Å². The molecule has 0 heterocycles. The van der Waals surface area contributed by atoms with Crippen LogP contribution < -0.4 is 10.1 Å². The van der Waals surface area contributed by atoms with Gasteiger partial charge < -0.3 is 10.1 Å². The van der Waals surface area contributed by atoms with Gasteiger partial charge in [-0.1, -0.05) is 32.9 Å². The molecule has 0 fully saturated rings. The fourth-order valence-corrected chi connectivity index (χ4v) is 2.40. The van der Waals surface area contributed by atoms with Gasteiger partial charge in [0.05, 0.1) is 6.61 Å². The lowest BCUT2D eigenvalue weighted by molar-refractivity contribution is 0.339. The summed E-state index contributed by atoms with van der Waals surface area (Å²) in [6.45, 7) is 9.52. The number of nitrogens with one attached hydrogen (secondary N) is 1. The van der Waals surface area contributed by atoms with Crippen LogP contribution in [0.2, 0.25) is 0 Å². The van der Waals surface area contributed by atoms with Crippen LogP contribution in [0.25, 0.3) is 0 Å². The molecular formula is C15H25NO. The Labute approximate surface area is 105 Å². The molecule has 0 amide bonds. The smallest absolute Gasteiger partial charge is 0.119 e. The van der Waals surface area contributed by atoms with Gasteiger partial charge in [0.1, 0.15) is 5.75 Å². The number of benzene rings is 1. The molecule has 0 aliphatic heterocycles. The first-order valence-corrected chi connectivity index (χ1v) is 6.50. The molecule has 1 rings (SSSR count). The summed E-state index contributed by atoms with van der Waals surface area (Å²) in [5.41, 5.74) is 1.36. The van der Waals surface area contributed by atoms with Gasteiger partial charge in [-0.2, -0.15) is 0 Å². The SMILES string of the molecule is CCOc1ccc(C(C)C(NC)C(C)C)cc1. The largest absolute Gasteiger partial charge is 0.494 e. The van der Waals surface area contributed by atoms with E-state index in [0.29, 0.717) is 17.9 Å². The van der Waals surface area contributed by atoms with Gasteiger partial charge in [-0.15, -0.1) is 0 Å². The van der Waals surface area contributed by atoms with Crippen LogP contribution >= 0.6 is 0 Å². The average molecular weight is 235 g/mol. The highest BCUT2D eigenvalue weighted by Gasteiger charge is 2.20. The molecule has 17 heavy (non-hydrogen) atoms. The highest BCUT2D eigenvalue weighted by molar-refractivity contribution is 5.30. The molecule has 0 aliphatic carbocycles. The first-order chi connectivity index (χ1) is 8.10.